The Morgan fingerprint density at radius 2 is 1.63 bits per heavy atom. The number of cyclic esters (lactones) is 1. The van der Waals surface area contributed by atoms with E-state index in [1.165, 1.54) is 13.2 Å². The maximum absolute atomic E-state index is 13.4. The van der Waals surface area contributed by atoms with Crippen molar-refractivity contribution in [3.8, 4) is 0 Å². The van der Waals surface area contributed by atoms with Gasteiger partial charge in [0.1, 0.15) is 12.2 Å². The molecular weight excluding hydrogens is 780 g/mol. The lowest BCUT2D eigenvalue weighted by molar-refractivity contribution is -0.327. The van der Waals surface area contributed by atoms with Gasteiger partial charge >= 0.3 is 23.9 Å². The molecule has 3 N–H and O–H groups in total. The molecule has 4 aliphatic rings. The molecule has 15 heteroatoms. The number of carbonyl (C=O) groups is 4. The molecule has 15 nitrogen and oxygen atoms in total. The average molecular weight is 845 g/mol. The second kappa shape index (κ2) is 22.4. The highest BCUT2D eigenvalue weighted by molar-refractivity contribution is 5.89. The summed E-state index contributed by atoms with van der Waals surface area (Å²) in [4.78, 5) is 52.4. The molecule has 0 aromatic heterocycles. The van der Waals surface area contributed by atoms with Crippen LogP contribution in [0.15, 0.2) is 54.1 Å². The Balaban J connectivity index is 1.44. The van der Waals surface area contributed by atoms with Crippen LogP contribution in [0.5, 0.6) is 0 Å². The molecule has 0 spiro atoms. The number of rotatable bonds is 11. The van der Waals surface area contributed by atoms with Crippen molar-refractivity contribution in [2.45, 2.75) is 172 Å². The minimum Gasteiger partial charge on any atom is -0.466 e. The van der Waals surface area contributed by atoms with Crippen LogP contribution in [0.4, 0.5) is 0 Å². The lowest BCUT2D eigenvalue weighted by atomic mass is 9.74. The van der Waals surface area contributed by atoms with E-state index in [-0.39, 0.29) is 37.4 Å². The molecule has 1 aromatic carbocycles. The number of aliphatic hydroxyl groups is 3. The number of hydrogen-bond donors (Lipinski definition) is 3. The molecule has 6 bridgehead atoms. The first-order chi connectivity index (χ1) is 28.7. The zero-order valence-corrected chi connectivity index (χ0v) is 35.4. The molecule has 4 aliphatic heterocycles. The van der Waals surface area contributed by atoms with Crippen molar-refractivity contribution in [1.82, 2.24) is 0 Å². The van der Waals surface area contributed by atoms with Crippen molar-refractivity contribution in [3.05, 3.63) is 59.7 Å². The second-order valence-corrected chi connectivity index (χ2v) is 16.9. The number of ether oxygens (including phenoxy) is 8. The zero-order chi connectivity index (χ0) is 43.3. The van der Waals surface area contributed by atoms with Crippen LogP contribution in [0.3, 0.4) is 0 Å². The average Bonchev–Trinajstić information content (AvgIpc) is 3.21. The van der Waals surface area contributed by atoms with Gasteiger partial charge in [0, 0.05) is 50.0 Å². The minimum atomic E-state index is -2.31. The first kappa shape index (κ1) is 47.4. The number of carbonyl (C=O) groups excluding carboxylic acids is 4. The van der Waals surface area contributed by atoms with Gasteiger partial charge in [-0.3, -0.25) is 9.59 Å². The van der Waals surface area contributed by atoms with Crippen LogP contribution in [-0.4, -0.2) is 120 Å². The maximum Gasteiger partial charge on any atom is 0.338 e. The van der Waals surface area contributed by atoms with Crippen LogP contribution < -0.4 is 0 Å². The van der Waals surface area contributed by atoms with Crippen LogP contribution in [-0.2, 0) is 52.3 Å². The Bertz CT molecular complexity index is 1630. The highest BCUT2D eigenvalue weighted by Crippen LogP contribution is 2.47. The van der Waals surface area contributed by atoms with Gasteiger partial charge in [-0.25, -0.2) is 9.59 Å². The summed E-state index contributed by atoms with van der Waals surface area (Å²) in [5, 5.41) is 34.2. The van der Waals surface area contributed by atoms with Crippen molar-refractivity contribution >= 4 is 23.9 Å². The largest absolute Gasteiger partial charge is 0.466 e. The number of esters is 4. The molecule has 5 rings (SSSR count). The predicted molar refractivity (Wildman–Crippen MR) is 215 cm³/mol. The van der Waals surface area contributed by atoms with Gasteiger partial charge < -0.3 is 53.2 Å². The van der Waals surface area contributed by atoms with Crippen LogP contribution >= 0.6 is 0 Å². The van der Waals surface area contributed by atoms with Crippen LogP contribution in [0.2, 0.25) is 0 Å². The van der Waals surface area contributed by atoms with E-state index >= 15 is 0 Å². The summed E-state index contributed by atoms with van der Waals surface area (Å²) in [6.07, 6.45) is 2.62. The zero-order valence-electron chi connectivity index (χ0n) is 35.4. The molecule has 0 amide bonds. The third-order valence-corrected chi connectivity index (χ3v) is 11.6. The van der Waals surface area contributed by atoms with E-state index in [0.29, 0.717) is 44.3 Å². The normalized spacial score (nSPS) is 33.8. The van der Waals surface area contributed by atoms with Crippen LogP contribution in [0.1, 0.15) is 121 Å². The number of hydrogen-bond acceptors (Lipinski definition) is 15. The minimum absolute atomic E-state index is 0.0448. The Hall–Kier alpha value is -3.70. The van der Waals surface area contributed by atoms with E-state index in [1.807, 2.05) is 6.07 Å². The van der Waals surface area contributed by atoms with E-state index in [0.717, 1.165) is 25.7 Å². The smallest absolute Gasteiger partial charge is 0.338 e. The third kappa shape index (κ3) is 13.4. The Morgan fingerprint density at radius 3 is 2.35 bits per heavy atom. The third-order valence-electron chi connectivity index (χ3n) is 11.6. The van der Waals surface area contributed by atoms with Crippen molar-refractivity contribution in [2.24, 2.45) is 5.41 Å². The maximum atomic E-state index is 13.4. The Labute approximate surface area is 352 Å². The van der Waals surface area contributed by atoms with Gasteiger partial charge in [0.25, 0.3) is 0 Å². The fourth-order valence-electron chi connectivity index (χ4n) is 8.31. The molecular formula is C45H64O15. The summed E-state index contributed by atoms with van der Waals surface area (Å²) in [6.45, 7) is 5.19. The molecule has 334 valence electrons. The molecule has 0 saturated carbocycles. The van der Waals surface area contributed by atoms with E-state index < -0.39 is 97.1 Å². The van der Waals surface area contributed by atoms with Crippen molar-refractivity contribution in [2.75, 3.05) is 20.3 Å². The van der Waals surface area contributed by atoms with E-state index in [2.05, 4.69) is 6.92 Å². The number of unbranched alkanes of at least 4 members (excludes halogenated alkanes) is 4. The second-order valence-electron chi connectivity index (χ2n) is 16.9. The SMILES string of the molecule is CCCCCCCC(=O)O[C@H]1/C(=C/C(=O)OC)C[C@H]2C[C@H](CO)OC(=O)C[C@H](O)C[C@@H]3C[C@H](OC(=O)c4ccccc4)C[C@H](C[C@@H]4CCO[C@H](/C=C/C(C)(C)[C@]1(O)O2)O4)O3. The monoisotopic (exact) mass is 844 g/mol. The Morgan fingerprint density at radius 1 is 0.900 bits per heavy atom. The number of aliphatic hydroxyl groups excluding tert-OH is 2. The first-order valence-electron chi connectivity index (χ1n) is 21.5. The summed E-state index contributed by atoms with van der Waals surface area (Å²) in [6, 6.07) is 8.67. The molecule has 1 aromatic rings. The summed E-state index contributed by atoms with van der Waals surface area (Å²) < 4.78 is 47.8. The summed E-state index contributed by atoms with van der Waals surface area (Å²) >= 11 is 0. The first-order valence-corrected chi connectivity index (χ1v) is 21.5. The fraction of sp³-hybridized carbons (Fsp3) is 0.689. The Kier molecular flexibility index (Phi) is 17.7. The molecule has 0 aliphatic carbocycles. The van der Waals surface area contributed by atoms with E-state index in [9.17, 15) is 34.5 Å². The van der Waals surface area contributed by atoms with Crippen molar-refractivity contribution in [1.29, 1.82) is 0 Å². The highest BCUT2D eigenvalue weighted by Gasteiger charge is 2.57. The van der Waals surface area contributed by atoms with Gasteiger partial charge in [0.15, 0.2) is 12.4 Å². The molecule has 3 fully saturated rings. The van der Waals surface area contributed by atoms with Gasteiger partial charge in [-0.2, -0.15) is 0 Å². The number of methoxy groups -OCH3 is 1. The van der Waals surface area contributed by atoms with Crippen LogP contribution in [0, 0.1) is 5.41 Å². The summed E-state index contributed by atoms with van der Waals surface area (Å²) in [7, 11) is 1.21. The van der Waals surface area contributed by atoms with Gasteiger partial charge in [-0.05, 0) is 43.0 Å². The molecule has 0 unspecified atom stereocenters. The molecule has 0 radical (unpaired) electrons. The number of benzene rings is 1. The standard InChI is InChI=1S/C45H64O15/c1-5-6-7-8-12-15-38(48)59-42-30(21-39(49)53-4)20-36-27-37(28-46)56-40(50)23-31(47)22-33-25-35(58-43(51)29-13-10-9-11-14-29)26-34(55-33)24-32-17-19-54-41(57-32)16-18-44(2,3)45(42,52)60-36/h9-11,13-14,16,18,21,31-37,41-42,46-47,52H,5-8,12,15,17,19-20,22-28H2,1-4H3/b18-16+,30-21+/t31-,32+,33-,34+,35+,36+,37-,41+,42+,45-/m1/s1. The predicted octanol–water partition coefficient (Wildman–Crippen LogP) is 5.16. The van der Waals surface area contributed by atoms with Gasteiger partial charge in [-0.15, -0.1) is 0 Å². The van der Waals surface area contributed by atoms with Gasteiger partial charge in [0.05, 0.1) is 62.8 Å². The van der Waals surface area contributed by atoms with E-state index in [4.69, 9.17) is 37.9 Å². The van der Waals surface area contributed by atoms with Crippen LogP contribution in [0.25, 0.3) is 0 Å². The molecule has 4 heterocycles. The topological polar surface area (TPSA) is 203 Å². The lowest BCUT2D eigenvalue weighted by Crippen LogP contribution is -2.62. The summed E-state index contributed by atoms with van der Waals surface area (Å²) in [5.41, 5.74) is -0.737. The quantitative estimate of drug-likeness (QED) is 0.0866. The lowest BCUT2D eigenvalue weighted by Gasteiger charge is -2.51. The van der Waals surface area contributed by atoms with Crippen molar-refractivity contribution in [3.63, 3.8) is 0 Å². The highest BCUT2D eigenvalue weighted by atomic mass is 16.7. The van der Waals surface area contributed by atoms with Gasteiger partial charge in [-0.1, -0.05) is 70.7 Å². The molecule has 10 atom stereocenters. The molecule has 60 heavy (non-hydrogen) atoms. The molecule has 3 saturated heterocycles. The fourth-order valence-corrected chi connectivity index (χ4v) is 8.31. The van der Waals surface area contributed by atoms with E-state index in [1.54, 1.807) is 50.3 Å². The number of fused-ring (bicyclic) bond motifs is 6. The summed E-state index contributed by atoms with van der Waals surface area (Å²) in [5.74, 6) is -4.90. The van der Waals surface area contributed by atoms with Crippen molar-refractivity contribution < 1.29 is 72.4 Å². The van der Waals surface area contributed by atoms with Gasteiger partial charge in [0.2, 0.25) is 5.79 Å².